The molecule has 4 rings (SSSR count). The van der Waals surface area contributed by atoms with Gasteiger partial charge < -0.3 is 20.1 Å². The maximum absolute atomic E-state index is 14.2. The van der Waals surface area contributed by atoms with Gasteiger partial charge in [-0.1, -0.05) is 97.9 Å². The van der Waals surface area contributed by atoms with Crippen LogP contribution in [0.3, 0.4) is 0 Å². The van der Waals surface area contributed by atoms with E-state index in [4.69, 9.17) is 4.74 Å². The molecule has 0 aromatic heterocycles. The fourth-order valence-corrected chi connectivity index (χ4v) is 5.90. The summed E-state index contributed by atoms with van der Waals surface area (Å²) in [6.45, 7) is 3.08. The topological polar surface area (TPSA) is 121 Å². The lowest BCUT2D eigenvalue weighted by molar-refractivity contribution is -0.278. The highest BCUT2D eigenvalue weighted by atomic mass is 32.2. The van der Waals surface area contributed by atoms with E-state index in [2.05, 4.69) is 0 Å². The Labute approximate surface area is 219 Å². The minimum atomic E-state index is -3.33. The van der Waals surface area contributed by atoms with Crippen LogP contribution in [0.5, 0.6) is 0 Å². The summed E-state index contributed by atoms with van der Waals surface area (Å²) in [4.78, 5) is 42.1. The first kappa shape index (κ1) is 26.9. The molecular weight excluding hydrogens is 492 g/mol. The molecule has 3 N–H and O–H groups in total. The minimum absolute atomic E-state index is 0.0290. The standard InChI is InChI=1S/C29H28O7S/c1-3-37-26-28(34,24(31)21-15-9-5-10-16-21)29(35,25(32)22-17-11-6-12-18-22)27(33,19(2)36-26)23(30)20-13-7-4-8-14-20/h4-19,26,33-35H,3H2,1-2H3/t19-,26+,27+,28+,29+/m1/s1. The first-order valence-electron chi connectivity index (χ1n) is 11.9. The number of Topliss-reactive ketones (excluding diaryl/α,β-unsaturated/α-hetero) is 3. The smallest absolute Gasteiger partial charge is 0.206 e. The maximum atomic E-state index is 14.2. The molecule has 5 atom stereocenters. The summed E-state index contributed by atoms with van der Waals surface area (Å²) >= 11 is 0.981. The van der Waals surface area contributed by atoms with E-state index < -0.39 is 45.7 Å². The lowest BCUT2D eigenvalue weighted by atomic mass is 9.59. The summed E-state index contributed by atoms with van der Waals surface area (Å²) in [6, 6.07) is 22.7. The van der Waals surface area contributed by atoms with Gasteiger partial charge in [0.1, 0.15) is 5.44 Å². The number of ether oxygens (including phenoxy) is 1. The molecule has 0 spiro atoms. The molecule has 1 heterocycles. The van der Waals surface area contributed by atoms with Gasteiger partial charge in [-0.3, -0.25) is 14.4 Å². The van der Waals surface area contributed by atoms with Gasteiger partial charge in [0.15, 0.2) is 5.60 Å². The fourth-order valence-electron chi connectivity index (χ4n) is 4.83. The largest absolute Gasteiger partial charge is 0.376 e. The van der Waals surface area contributed by atoms with Crippen molar-refractivity contribution in [3.05, 3.63) is 108 Å². The second-order valence-electron chi connectivity index (χ2n) is 8.89. The predicted octanol–water partition coefficient (Wildman–Crippen LogP) is 3.33. The third-order valence-electron chi connectivity index (χ3n) is 6.81. The average molecular weight is 521 g/mol. The Bertz CT molecular complexity index is 1280. The molecule has 37 heavy (non-hydrogen) atoms. The van der Waals surface area contributed by atoms with E-state index in [0.29, 0.717) is 5.75 Å². The van der Waals surface area contributed by atoms with Crippen LogP contribution < -0.4 is 0 Å². The average Bonchev–Trinajstić information content (AvgIpc) is 2.95. The van der Waals surface area contributed by atoms with Crippen molar-refractivity contribution in [2.75, 3.05) is 5.75 Å². The van der Waals surface area contributed by atoms with Gasteiger partial charge in [-0.05, 0) is 12.7 Å². The third kappa shape index (κ3) is 4.05. The van der Waals surface area contributed by atoms with Crippen LogP contribution >= 0.6 is 11.8 Å². The Hall–Kier alpha value is -3.14. The van der Waals surface area contributed by atoms with Crippen molar-refractivity contribution in [1.82, 2.24) is 0 Å². The Morgan fingerprint density at radius 2 is 1.08 bits per heavy atom. The van der Waals surface area contributed by atoms with E-state index >= 15 is 0 Å². The summed E-state index contributed by atoms with van der Waals surface area (Å²) in [5.74, 6) is -2.96. The van der Waals surface area contributed by atoms with Crippen LogP contribution in [0, 0.1) is 0 Å². The quantitative estimate of drug-likeness (QED) is 0.387. The second-order valence-corrected chi connectivity index (χ2v) is 10.2. The molecule has 1 aliphatic heterocycles. The van der Waals surface area contributed by atoms with Crippen LogP contribution in [0.25, 0.3) is 0 Å². The van der Waals surface area contributed by atoms with Crippen molar-refractivity contribution in [2.45, 2.75) is 42.2 Å². The molecule has 0 unspecified atom stereocenters. The van der Waals surface area contributed by atoms with Gasteiger partial charge in [-0.25, -0.2) is 0 Å². The van der Waals surface area contributed by atoms with E-state index in [0.717, 1.165) is 11.8 Å². The van der Waals surface area contributed by atoms with Crippen molar-refractivity contribution < 1.29 is 34.4 Å². The molecular formula is C29H28O7S. The van der Waals surface area contributed by atoms with Gasteiger partial charge in [-0.2, -0.15) is 0 Å². The van der Waals surface area contributed by atoms with Crippen molar-refractivity contribution in [3.63, 3.8) is 0 Å². The van der Waals surface area contributed by atoms with E-state index in [1.54, 1.807) is 49.4 Å². The maximum Gasteiger partial charge on any atom is 0.206 e. The molecule has 1 aliphatic rings. The third-order valence-corrected chi connectivity index (χ3v) is 7.90. The zero-order valence-corrected chi connectivity index (χ0v) is 21.2. The number of aliphatic hydroxyl groups is 3. The van der Waals surface area contributed by atoms with Crippen molar-refractivity contribution in [2.24, 2.45) is 0 Å². The number of hydrogen-bond acceptors (Lipinski definition) is 8. The van der Waals surface area contributed by atoms with Gasteiger partial charge in [0, 0.05) is 16.7 Å². The molecule has 0 bridgehead atoms. The first-order valence-corrected chi connectivity index (χ1v) is 12.9. The van der Waals surface area contributed by atoms with Crippen LogP contribution in [-0.4, -0.2) is 66.8 Å². The van der Waals surface area contributed by atoms with E-state index in [1.165, 1.54) is 55.5 Å². The zero-order chi connectivity index (χ0) is 26.8. The summed E-state index contributed by atoms with van der Waals surface area (Å²) in [6.07, 6.45) is -1.48. The Morgan fingerprint density at radius 3 is 1.49 bits per heavy atom. The molecule has 0 saturated carbocycles. The lowest BCUT2D eigenvalue weighted by Gasteiger charge is -2.57. The number of thioether (sulfide) groups is 1. The van der Waals surface area contributed by atoms with Crippen molar-refractivity contribution >= 4 is 29.1 Å². The molecule has 7 nitrogen and oxygen atoms in total. The van der Waals surface area contributed by atoms with Gasteiger partial charge in [0.25, 0.3) is 0 Å². The molecule has 0 aliphatic carbocycles. The number of rotatable bonds is 8. The monoisotopic (exact) mass is 520 g/mol. The number of ketones is 3. The summed E-state index contributed by atoms with van der Waals surface area (Å²) < 4.78 is 5.93. The highest BCUT2D eigenvalue weighted by Gasteiger charge is 2.79. The number of carbonyl (C=O) groups is 3. The zero-order valence-electron chi connectivity index (χ0n) is 20.4. The molecule has 3 aromatic rings. The number of carbonyl (C=O) groups excluding carboxylic acids is 3. The molecule has 192 valence electrons. The minimum Gasteiger partial charge on any atom is -0.376 e. The summed E-state index contributed by atoms with van der Waals surface area (Å²) in [5, 5.41) is 36.9. The van der Waals surface area contributed by atoms with E-state index in [-0.39, 0.29) is 16.7 Å². The van der Waals surface area contributed by atoms with Crippen LogP contribution in [-0.2, 0) is 4.74 Å². The van der Waals surface area contributed by atoms with E-state index in [1.807, 2.05) is 0 Å². The highest BCUT2D eigenvalue weighted by molar-refractivity contribution is 7.99. The molecule has 0 radical (unpaired) electrons. The van der Waals surface area contributed by atoms with Crippen LogP contribution in [0.1, 0.15) is 44.9 Å². The Morgan fingerprint density at radius 1 is 0.703 bits per heavy atom. The first-order chi connectivity index (χ1) is 17.6. The normalized spacial score (nSPS) is 29.4. The van der Waals surface area contributed by atoms with Crippen molar-refractivity contribution in [1.29, 1.82) is 0 Å². The van der Waals surface area contributed by atoms with Crippen LogP contribution in [0.2, 0.25) is 0 Å². The summed E-state index contributed by atoms with van der Waals surface area (Å²) in [5.41, 5.74) is -11.1. The predicted molar refractivity (Wildman–Crippen MR) is 140 cm³/mol. The second kappa shape index (κ2) is 10.3. The fraction of sp³-hybridized carbons (Fsp3) is 0.276. The van der Waals surface area contributed by atoms with Crippen LogP contribution in [0.15, 0.2) is 91.0 Å². The van der Waals surface area contributed by atoms with Gasteiger partial charge in [0.2, 0.25) is 28.6 Å². The SMILES string of the molecule is CCS[C@@H]1O[C@H](C)[C@](O)(C(=O)c2ccccc2)[C@@](O)(C(=O)c2ccccc2)[C@]1(O)C(=O)c1ccccc1. The van der Waals surface area contributed by atoms with Gasteiger partial charge >= 0.3 is 0 Å². The Balaban J connectivity index is 2.05. The molecule has 3 aromatic carbocycles. The van der Waals surface area contributed by atoms with Crippen molar-refractivity contribution in [3.8, 4) is 0 Å². The highest BCUT2D eigenvalue weighted by Crippen LogP contribution is 2.51. The van der Waals surface area contributed by atoms with E-state index in [9.17, 15) is 29.7 Å². The molecule has 0 amide bonds. The van der Waals surface area contributed by atoms with Gasteiger partial charge in [0.05, 0.1) is 6.10 Å². The number of hydrogen-bond donors (Lipinski definition) is 3. The Kier molecular flexibility index (Phi) is 7.50. The molecule has 1 fully saturated rings. The number of benzene rings is 3. The van der Waals surface area contributed by atoms with Crippen LogP contribution in [0.4, 0.5) is 0 Å². The molecule has 1 saturated heterocycles. The molecule has 8 heteroatoms. The lowest BCUT2D eigenvalue weighted by Crippen LogP contribution is -2.85. The van der Waals surface area contributed by atoms with Gasteiger partial charge in [-0.15, -0.1) is 11.8 Å². The summed E-state index contributed by atoms with van der Waals surface area (Å²) in [7, 11) is 0.